The molecule has 1 amide bonds. The predicted molar refractivity (Wildman–Crippen MR) is 121 cm³/mol. The number of carbonyl (C=O) groups excluding carboxylic acids is 1. The summed E-state index contributed by atoms with van der Waals surface area (Å²) in [7, 11) is 2.05. The summed E-state index contributed by atoms with van der Waals surface area (Å²) in [5.41, 5.74) is 3.48. The molecule has 166 valence electrons. The molecule has 1 heterocycles. The van der Waals surface area contributed by atoms with Gasteiger partial charge in [-0.15, -0.1) is 6.58 Å². The number of likely N-dealkylation sites (N-methyl/N-ethyl adjacent to an activating group) is 1. The number of amides is 1. The SMILES string of the molecule is C=CCN(C)CC1OC(c2cccc(NC(C)=O)c2)OC(c2ccc(CO)cc2)C1C. The number of aliphatic hydroxyl groups excluding tert-OH is 1. The molecule has 4 atom stereocenters. The Bertz CT molecular complexity index is 883. The number of hydrogen-bond acceptors (Lipinski definition) is 5. The van der Waals surface area contributed by atoms with Gasteiger partial charge in [-0.25, -0.2) is 0 Å². The Morgan fingerprint density at radius 3 is 2.58 bits per heavy atom. The first kappa shape index (κ1) is 23.2. The van der Waals surface area contributed by atoms with Crippen molar-refractivity contribution in [1.29, 1.82) is 0 Å². The standard InChI is InChI=1S/C25H32N2O4/c1-5-13-27(4)15-23-17(2)24(20-11-9-19(16-28)10-12-20)31-25(30-23)21-7-6-8-22(14-21)26-18(3)29/h5-12,14,17,23-25,28H,1,13,15-16H2,2-4H3,(H,26,29). The number of rotatable bonds is 8. The largest absolute Gasteiger partial charge is 0.392 e. The van der Waals surface area contributed by atoms with E-state index in [0.717, 1.165) is 29.8 Å². The number of benzene rings is 2. The van der Waals surface area contributed by atoms with Gasteiger partial charge < -0.3 is 24.8 Å². The van der Waals surface area contributed by atoms with Crippen molar-refractivity contribution in [2.75, 3.05) is 25.5 Å². The molecule has 0 bridgehead atoms. The summed E-state index contributed by atoms with van der Waals surface area (Å²) in [5.74, 6) is -0.0101. The van der Waals surface area contributed by atoms with Crippen LogP contribution in [0.3, 0.4) is 0 Å². The molecule has 0 aliphatic carbocycles. The Labute approximate surface area is 184 Å². The van der Waals surface area contributed by atoms with E-state index in [4.69, 9.17) is 9.47 Å². The Morgan fingerprint density at radius 2 is 1.94 bits per heavy atom. The quantitative estimate of drug-likeness (QED) is 0.626. The summed E-state index contributed by atoms with van der Waals surface area (Å²) >= 11 is 0. The molecule has 6 nitrogen and oxygen atoms in total. The maximum Gasteiger partial charge on any atom is 0.221 e. The van der Waals surface area contributed by atoms with E-state index in [-0.39, 0.29) is 30.6 Å². The molecular formula is C25H32N2O4. The van der Waals surface area contributed by atoms with Gasteiger partial charge in [0.15, 0.2) is 6.29 Å². The van der Waals surface area contributed by atoms with E-state index in [9.17, 15) is 9.90 Å². The van der Waals surface area contributed by atoms with Gasteiger partial charge in [0.05, 0.1) is 18.8 Å². The molecule has 1 aliphatic heterocycles. The number of hydrogen-bond donors (Lipinski definition) is 2. The van der Waals surface area contributed by atoms with Crippen LogP contribution in [0.5, 0.6) is 0 Å². The average molecular weight is 425 g/mol. The first-order valence-electron chi connectivity index (χ1n) is 10.6. The van der Waals surface area contributed by atoms with Crippen LogP contribution in [0.15, 0.2) is 61.2 Å². The molecule has 4 unspecified atom stereocenters. The molecular weight excluding hydrogens is 392 g/mol. The van der Waals surface area contributed by atoms with Crippen molar-refractivity contribution in [3.8, 4) is 0 Å². The minimum absolute atomic E-state index is 0.0119. The third-order valence-electron chi connectivity index (χ3n) is 5.53. The van der Waals surface area contributed by atoms with Crippen LogP contribution in [-0.4, -0.2) is 42.2 Å². The van der Waals surface area contributed by atoms with E-state index in [2.05, 4.69) is 23.7 Å². The third kappa shape index (κ3) is 6.02. The number of nitrogens with zero attached hydrogens (tertiary/aromatic N) is 1. The Morgan fingerprint density at radius 1 is 1.19 bits per heavy atom. The van der Waals surface area contributed by atoms with Crippen LogP contribution < -0.4 is 5.32 Å². The Hall–Kier alpha value is -2.51. The third-order valence-corrected chi connectivity index (χ3v) is 5.53. The molecule has 2 aromatic rings. The van der Waals surface area contributed by atoms with Crippen LogP contribution in [0.4, 0.5) is 5.69 Å². The minimum atomic E-state index is -0.561. The van der Waals surface area contributed by atoms with E-state index >= 15 is 0 Å². The highest BCUT2D eigenvalue weighted by Gasteiger charge is 2.38. The highest BCUT2D eigenvalue weighted by atomic mass is 16.7. The summed E-state index contributed by atoms with van der Waals surface area (Å²) in [6.07, 6.45) is 1.09. The topological polar surface area (TPSA) is 71.0 Å². The van der Waals surface area contributed by atoms with E-state index in [0.29, 0.717) is 5.69 Å². The van der Waals surface area contributed by atoms with Gasteiger partial charge in [0.1, 0.15) is 0 Å². The first-order valence-corrected chi connectivity index (χ1v) is 10.6. The predicted octanol–water partition coefficient (Wildman–Crippen LogP) is 4.05. The number of anilines is 1. The summed E-state index contributed by atoms with van der Waals surface area (Å²) in [5, 5.41) is 12.2. The van der Waals surface area contributed by atoms with E-state index < -0.39 is 6.29 Å². The number of ether oxygens (including phenoxy) is 2. The van der Waals surface area contributed by atoms with Gasteiger partial charge in [-0.05, 0) is 30.3 Å². The first-order chi connectivity index (χ1) is 14.9. The molecule has 0 aromatic heterocycles. The number of aliphatic hydroxyl groups is 1. The van der Waals surface area contributed by atoms with Crippen molar-refractivity contribution in [3.63, 3.8) is 0 Å². The summed E-state index contributed by atoms with van der Waals surface area (Å²) < 4.78 is 12.8. The lowest BCUT2D eigenvalue weighted by molar-refractivity contribution is -0.275. The van der Waals surface area contributed by atoms with Gasteiger partial charge in [-0.3, -0.25) is 4.79 Å². The normalized spacial score (nSPS) is 23.5. The highest BCUT2D eigenvalue weighted by Crippen LogP contribution is 2.42. The second-order valence-corrected chi connectivity index (χ2v) is 8.14. The van der Waals surface area contributed by atoms with Crippen molar-refractivity contribution in [1.82, 2.24) is 4.90 Å². The molecule has 2 N–H and O–H groups in total. The second-order valence-electron chi connectivity index (χ2n) is 8.14. The molecule has 1 saturated heterocycles. The van der Waals surface area contributed by atoms with Crippen LogP contribution in [0.25, 0.3) is 0 Å². The molecule has 3 rings (SSSR count). The van der Waals surface area contributed by atoms with Crippen LogP contribution in [0, 0.1) is 5.92 Å². The molecule has 6 heteroatoms. The molecule has 0 saturated carbocycles. The minimum Gasteiger partial charge on any atom is -0.392 e. The summed E-state index contributed by atoms with van der Waals surface area (Å²) in [6, 6.07) is 15.4. The Kier molecular flexibility index (Phi) is 7.98. The zero-order chi connectivity index (χ0) is 22.4. The van der Waals surface area contributed by atoms with Gasteiger partial charge >= 0.3 is 0 Å². The molecule has 0 radical (unpaired) electrons. The monoisotopic (exact) mass is 424 g/mol. The summed E-state index contributed by atoms with van der Waals surface area (Å²) in [4.78, 5) is 13.6. The Balaban J connectivity index is 1.89. The van der Waals surface area contributed by atoms with Gasteiger partial charge in [0, 0.05) is 37.2 Å². The lowest BCUT2D eigenvalue weighted by Gasteiger charge is -2.42. The van der Waals surface area contributed by atoms with Crippen LogP contribution >= 0.6 is 0 Å². The van der Waals surface area contributed by atoms with E-state index in [1.165, 1.54) is 6.92 Å². The summed E-state index contributed by atoms with van der Waals surface area (Å²) in [6.45, 7) is 8.97. The lowest BCUT2D eigenvalue weighted by Crippen LogP contribution is -2.43. The zero-order valence-electron chi connectivity index (χ0n) is 18.5. The molecule has 2 aromatic carbocycles. The fourth-order valence-corrected chi connectivity index (χ4v) is 3.90. The number of nitrogens with one attached hydrogen (secondary N) is 1. The van der Waals surface area contributed by atoms with Gasteiger partial charge in [0.2, 0.25) is 5.91 Å². The zero-order valence-corrected chi connectivity index (χ0v) is 18.5. The van der Waals surface area contributed by atoms with Crippen molar-refractivity contribution < 1.29 is 19.4 Å². The molecule has 1 fully saturated rings. The van der Waals surface area contributed by atoms with Gasteiger partial charge in [-0.1, -0.05) is 49.4 Å². The molecule has 0 spiro atoms. The fraction of sp³-hybridized carbons (Fsp3) is 0.400. The van der Waals surface area contributed by atoms with Gasteiger partial charge in [0.25, 0.3) is 0 Å². The van der Waals surface area contributed by atoms with Crippen molar-refractivity contribution in [3.05, 3.63) is 77.9 Å². The van der Waals surface area contributed by atoms with E-state index in [1.54, 1.807) is 0 Å². The van der Waals surface area contributed by atoms with Crippen LogP contribution in [0.1, 0.15) is 42.9 Å². The molecule has 1 aliphatic rings. The van der Waals surface area contributed by atoms with Crippen molar-refractivity contribution in [2.24, 2.45) is 5.92 Å². The van der Waals surface area contributed by atoms with E-state index in [1.807, 2.05) is 61.7 Å². The second kappa shape index (κ2) is 10.7. The molecule has 31 heavy (non-hydrogen) atoms. The number of carbonyl (C=O) groups is 1. The maximum atomic E-state index is 11.5. The van der Waals surface area contributed by atoms with Crippen molar-refractivity contribution in [2.45, 2.75) is 39.0 Å². The lowest BCUT2D eigenvalue weighted by atomic mass is 9.90. The van der Waals surface area contributed by atoms with Crippen molar-refractivity contribution >= 4 is 11.6 Å². The smallest absolute Gasteiger partial charge is 0.221 e. The van der Waals surface area contributed by atoms with Crippen LogP contribution in [0.2, 0.25) is 0 Å². The van der Waals surface area contributed by atoms with Crippen LogP contribution in [-0.2, 0) is 20.9 Å². The van der Waals surface area contributed by atoms with Gasteiger partial charge in [-0.2, -0.15) is 0 Å². The highest BCUT2D eigenvalue weighted by molar-refractivity contribution is 5.88. The fourth-order valence-electron chi connectivity index (χ4n) is 3.90. The maximum absolute atomic E-state index is 11.5. The average Bonchev–Trinajstić information content (AvgIpc) is 2.75.